The maximum Gasteiger partial charge on any atom is 0.270 e. The molecule has 1 aliphatic heterocycles. The summed E-state index contributed by atoms with van der Waals surface area (Å²) in [5.74, 6) is -0.0894. The quantitative estimate of drug-likeness (QED) is 0.394. The number of fused-ring (bicyclic) bond motifs is 1. The van der Waals surface area contributed by atoms with Crippen LogP contribution in [0.15, 0.2) is 72.8 Å². The van der Waals surface area contributed by atoms with E-state index in [2.05, 4.69) is 52.9 Å². The summed E-state index contributed by atoms with van der Waals surface area (Å²) >= 11 is 0. The second-order valence-electron chi connectivity index (χ2n) is 9.92. The number of rotatable bonds is 6. The van der Waals surface area contributed by atoms with E-state index in [9.17, 15) is 9.59 Å². The number of aryl methyl sites for hydroxylation is 2. The van der Waals surface area contributed by atoms with Crippen molar-refractivity contribution >= 4 is 28.4 Å². The van der Waals surface area contributed by atoms with Crippen LogP contribution in [0.5, 0.6) is 0 Å². The van der Waals surface area contributed by atoms with Crippen LogP contribution >= 0.6 is 0 Å². The van der Waals surface area contributed by atoms with E-state index in [-0.39, 0.29) is 11.8 Å². The standard InChI is InChI=1S/C31H34N4O2/c1-4-33-14-16-34(17-15-33)31(37)29-20-26-19-27(32-30(36)25-10-8-22(2)9-11-25)12-13-28(26)35(29)21-24-7-5-6-23(3)18-24/h5-13,18-20H,4,14-17,21H2,1-3H3,(H,32,36). The number of carbonyl (C=O) groups excluding carboxylic acids is 2. The lowest BCUT2D eigenvalue weighted by Crippen LogP contribution is -2.48. The molecule has 0 saturated carbocycles. The molecule has 6 heteroatoms. The van der Waals surface area contributed by atoms with Gasteiger partial charge in [-0.1, -0.05) is 54.4 Å². The molecule has 0 unspecified atom stereocenters. The van der Waals surface area contributed by atoms with Gasteiger partial charge >= 0.3 is 0 Å². The molecule has 1 aliphatic rings. The van der Waals surface area contributed by atoms with E-state index in [0.717, 1.165) is 54.8 Å². The van der Waals surface area contributed by atoms with E-state index in [1.165, 1.54) is 5.56 Å². The fraction of sp³-hybridized carbons (Fsp3) is 0.290. The highest BCUT2D eigenvalue weighted by atomic mass is 16.2. The molecule has 0 bridgehead atoms. The summed E-state index contributed by atoms with van der Waals surface area (Å²) in [4.78, 5) is 30.9. The Bertz CT molecular complexity index is 1430. The van der Waals surface area contributed by atoms with Crippen molar-refractivity contribution in [1.82, 2.24) is 14.4 Å². The Morgan fingerprint density at radius 3 is 2.30 bits per heavy atom. The van der Waals surface area contributed by atoms with Gasteiger partial charge in [0.1, 0.15) is 5.69 Å². The molecule has 4 aromatic rings. The van der Waals surface area contributed by atoms with Crippen LogP contribution < -0.4 is 5.32 Å². The minimum Gasteiger partial charge on any atom is -0.335 e. The van der Waals surface area contributed by atoms with Crippen molar-refractivity contribution in [1.29, 1.82) is 0 Å². The van der Waals surface area contributed by atoms with Crippen LogP contribution in [-0.4, -0.2) is 58.9 Å². The zero-order valence-electron chi connectivity index (χ0n) is 21.8. The second kappa shape index (κ2) is 10.6. The molecular formula is C31H34N4O2. The molecule has 0 aliphatic carbocycles. The zero-order chi connectivity index (χ0) is 25.9. The Morgan fingerprint density at radius 2 is 1.59 bits per heavy atom. The molecule has 1 saturated heterocycles. The molecule has 3 aromatic carbocycles. The van der Waals surface area contributed by atoms with E-state index >= 15 is 0 Å². The summed E-state index contributed by atoms with van der Waals surface area (Å²) in [5, 5.41) is 3.95. The predicted octanol–water partition coefficient (Wildman–Crippen LogP) is 5.34. The maximum atomic E-state index is 13.7. The predicted molar refractivity (Wildman–Crippen MR) is 149 cm³/mol. The number of aromatic nitrogens is 1. The van der Waals surface area contributed by atoms with E-state index in [4.69, 9.17) is 0 Å². The van der Waals surface area contributed by atoms with Crippen LogP contribution in [0, 0.1) is 13.8 Å². The SMILES string of the molecule is CCN1CCN(C(=O)c2cc3cc(NC(=O)c4ccc(C)cc4)ccc3n2Cc2cccc(C)c2)CC1. The number of amides is 2. The molecule has 37 heavy (non-hydrogen) atoms. The van der Waals surface area contributed by atoms with Crippen LogP contribution in [0.1, 0.15) is 44.5 Å². The summed E-state index contributed by atoms with van der Waals surface area (Å²) in [6.45, 7) is 11.1. The topological polar surface area (TPSA) is 57.6 Å². The smallest absolute Gasteiger partial charge is 0.270 e. The molecule has 6 nitrogen and oxygen atoms in total. The second-order valence-corrected chi connectivity index (χ2v) is 9.92. The van der Waals surface area contributed by atoms with Gasteiger partial charge in [0.15, 0.2) is 0 Å². The Morgan fingerprint density at radius 1 is 0.838 bits per heavy atom. The molecule has 2 heterocycles. The fourth-order valence-corrected chi connectivity index (χ4v) is 5.03. The van der Waals surface area contributed by atoms with Crippen molar-refractivity contribution < 1.29 is 9.59 Å². The summed E-state index contributed by atoms with van der Waals surface area (Å²) in [6, 6.07) is 23.8. The van der Waals surface area contributed by atoms with E-state index in [1.807, 2.05) is 60.4 Å². The van der Waals surface area contributed by atoms with Gasteiger partial charge in [0.2, 0.25) is 0 Å². The lowest BCUT2D eigenvalue weighted by Gasteiger charge is -2.34. The molecule has 1 aromatic heterocycles. The first kappa shape index (κ1) is 24.8. The van der Waals surface area contributed by atoms with Crippen molar-refractivity contribution in [2.45, 2.75) is 27.3 Å². The van der Waals surface area contributed by atoms with Crippen LogP contribution in [-0.2, 0) is 6.54 Å². The first-order valence-corrected chi connectivity index (χ1v) is 13.0. The zero-order valence-corrected chi connectivity index (χ0v) is 21.8. The van der Waals surface area contributed by atoms with Crippen LogP contribution in [0.4, 0.5) is 5.69 Å². The van der Waals surface area contributed by atoms with Gasteiger partial charge in [-0.25, -0.2) is 0 Å². The van der Waals surface area contributed by atoms with Gasteiger partial charge in [-0.05, 0) is 62.4 Å². The summed E-state index contributed by atoms with van der Waals surface area (Å²) in [7, 11) is 0. The van der Waals surface area contributed by atoms with Gasteiger partial charge in [-0.2, -0.15) is 0 Å². The number of likely N-dealkylation sites (N-methyl/N-ethyl adjacent to an activating group) is 1. The number of hydrogen-bond donors (Lipinski definition) is 1. The fourth-order valence-electron chi connectivity index (χ4n) is 5.03. The first-order chi connectivity index (χ1) is 17.9. The van der Waals surface area contributed by atoms with Crippen molar-refractivity contribution in [3.8, 4) is 0 Å². The molecule has 1 N–H and O–H groups in total. The van der Waals surface area contributed by atoms with E-state index < -0.39 is 0 Å². The minimum absolute atomic E-state index is 0.0600. The summed E-state index contributed by atoms with van der Waals surface area (Å²) in [5.41, 5.74) is 6.44. The number of carbonyl (C=O) groups is 2. The molecular weight excluding hydrogens is 460 g/mol. The van der Waals surface area contributed by atoms with Crippen LogP contribution in [0.2, 0.25) is 0 Å². The lowest BCUT2D eigenvalue weighted by atomic mass is 10.1. The van der Waals surface area contributed by atoms with Gasteiger partial charge in [0.05, 0.1) is 0 Å². The lowest BCUT2D eigenvalue weighted by molar-refractivity contribution is 0.0633. The maximum absolute atomic E-state index is 13.7. The largest absolute Gasteiger partial charge is 0.335 e. The van der Waals surface area contributed by atoms with Crippen LogP contribution in [0.25, 0.3) is 10.9 Å². The first-order valence-electron chi connectivity index (χ1n) is 13.0. The Balaban J connectivity index is 1.47. The number of hydrogen-bond acceptors (Lipinski definition) is 3. The van der Waals surface area contributed by atoms with E-state index in [0.29, 0.717) is 23.5 Å². The molecule has 1 fully saturated rings. The molecule has 2 amide bonds. The summed E-state index contributed by atoms with van der Waals surface area (Å²) in [6.07, 6.45) is 0. The third-order valence-corrected chi connectivity index (χ3v) is 7.22. The van der Waals surface area contributed by atoms with Gasteiger partial charge < -0.3 is 19.7 Å². The Labute approximate surface area is 218 Å². The molecule has 0 radical (unpaired) electrons. The number of benzene rings is 3. The average molecular weight is 495 g/mol. The molecule has 0 spiro atoms. The molecule has 0 atom stereocenters. The van der Waals surface area contributed by atoms with Crippen LogP contribution in [0.3, 0.4) is 0 Å². The normalized spacial score (nSPS) is 14.2. The van der Waals surface area contributed by atoms with Crippen molar-refractivity contribution in [2.75, 3.05) is 38.0 Å². The number of piperazine rings is 1. The van der Waals surface area contributed by atoms with Gasteiger partial charge in [-0.15, -0.1) is 0 Å². The number of nitrogens with zero attached hydrogens (tertiary/aromatic N) is 3. The minimum atomic E-state index is -0.149. The highest BCUT2D eigenvalue weighted by Gasteiger charge is 2.25. The van der Waals surface area contributed by atoms with Gasteiger partial charge in [0, 0.05) is 54.9 Å². The van der Waals surface area contributed by atoms with Gasteiger partial charge in [-0.3, -0.25) is 9.59 Å². The Hall–Kier alpha value is -3.90. The third kappa shape index (κ3) is 5.44. The van der Waals surface area contributed by atoms with Gasteiger partial charge in [0.25, 0.3) is 11.8 Å². The third-order valence-electron chi connectivity index (χ3n) is 7.22. The average Bonchev–Trinajstić information content (AvgIpc) is 3.26. The molecule has 5 rings (SSSR count). The van der Waals surface area contributed by atoms with Crippen molar-refractivity contribution in [3.05, 3.63) is 101 Å². The highest BCUT2D eigenvalue weighted by molar-refractivity contribution is 6.06. The highest BCUT2D eigenvalue weighted by Crippen LogP contribution is 2.27. The molecule has 190 valence electrons. The Kier molecular flexibility index (Phi) is 7.10. The van der Waals surface area contributed by atoms with E-state index in [1.54, 1.807) is 0 Å². The monoisotopic (exact) mass is 494 g/mol. The number of anilines is 1. The summed E-state index contributed by atoms with van der Waals surface area (Å²) < 4.78 is 2.12. The van der Waals surface area contributed by atoms with Crippen molar-refractivity contribution in [2.24, 2.45) is 0 Å². The van der Waals surface area contributed by atoms with Crippen molar-refractivity contribution in [3.63, 3.8) is 0 Å². The number of nitrogens with one attached hydrogen (secondary N) is 1.